The molecular weight excluding hydrogens is 360 g/mol. The van der Waals surface area contributed by atoms with E-state index in [0.717, 1.165) is 22.5 Å². The lowest BCUT2D eigenvalue weighted by Gasteiger charge is -2.15. The number of hydrogen-bond acceptors (Lipinski definition) is 4. The minimum absolute atomic E-state index is 0.197. The summed E-state index contributed by atoms with van der Waals surface area (Å²) in [5, 5.41) is 1.30. The van der Waals surface area contributed by atoms with Gasteiger partial charge in [0.2, 0.25) is 9.84 Å². The van der Waals surface area contributed by atoms with Crippen molar-refractivity contribution >= 4 is 43.2 Å². The van der Waals surface area contributed by atoms with Crippen molar-refractivity contribution in [2.45, 2.75) is 0 Å². The van der Waals surface area contributed by atoms with E-state index in [9.17, 15) is 8.42 Å². The van der Waals surface area contributed by atoms with E-state index in [1.54, 1.807) is 24.3 Å². The number of rotatable bonds is 0. The van der Waals surface area contributed by atoms with Crippen molar-refractivity contribution in [3.8, 4) is 0 Å². The topological polar surface area (TPSA) is 90.4 Å². The molecule has 0 atom stereocenters. The molecule has 0 spiro atoms. The Hall–Kier alpha value is -3.45. The van der Waals surface area contributed by atoms with Gasteiger partial charge in [0.05, 0.1) is 33.9 Å². The van der Waals surface area contributed by atoms with Gasteiger partial charge in [-0.05, 0) is 60.7 Å². The Kier molecular flexibility index (Phi) is 2.63. The number of H-pyrrole nitrogens is 2. The quantitative estimate of drug-likeness (QED) is 0.732. The van der Waals surface area contributed by atoms with E-state index >= 15 is 0 Å². The first-order valence-corrected chi connectivity index (χ1v) is 9.92. The van der Waals surface area contributed by atoms with Crippen molar-refractivity contribution in [2.24, 2.45) is 9.98 Å². The number of allylic oxidation sites excluding steroid dienone is 4. The van der Waals surface area contributed by atoms with Crippen LogP contribution in [0.3, 0.4) is 0 Å². The zero-order valence-corrected chi connectivity index (χ0v) is 14.7. The van der Waals surface area contributed by atoms with Gasteiger partial charge in [-0.3, -0.25) is 0 Å². The summed E-state index contributed by atoms with van der Waals surface area (Å²) in [5.41, 5.74) is 3.83. The zero-order chi connectivity index (χ0) is 18.2. The van der Waals surface area contributed by atoms with Crippen molar-refractivity contribution < 1.29 is 8.42 Å². The third-order valence-electron chi connectivity index (χ3n) is 4.84. The number of hydrogen-bond donors (Lipinski definition) is 2. The Balaban J connectivity index is 1.79. The molecule has 10 bridgehead atoms. The summed E-state index contributed by atoms with van der Waals surface area (Å²) in [7, 11) is -3.74. The van der Waals surface area contributed by atoms with Crippen molar-refractivity contribution in [1.82, 2.24) is 9.97 Å². The highest BCUT2D eigenvalue weighted by Gasteiger charge is 2.37. The molecule has 4 aliphatic heterocycles. The second-order valence-corrected chi connectivity index (χ2v) is 8.44. The number of nitrogens with zero attached hydrogens (tertiary/aromatic N) is 2. The molecule has 2 N–H and O–H groups in total. The summed E-state index contributed by atoms with van der Waals surface area (Å²) < 4.78 is 27.0. The van der Waals surface area contributed by atoms with Crippen LogP contribution in [0.1, 0.15) is 11.4 Å². The second kappa shape index (κ2) is 4.83. The average Bonchev–Trinajstić information content (AvgIpc) is 3.38. The maximum Gasteiger partial charge on any atom is 0.214 e. The van der Waals surface area contributed by atoms with Crippen molar-refractivity contribution in [3.05, 3.63) is 82.0 Å². The van der Waals surface area contributed by atoms with E-state index in [1.165, 1.54) is 0 Å². The molecule has 0 saturated heterocycles. The van der Waals surface area contributed by atoms with Crippen LogP contribution >= 0.6 is 0 Å². The smallest absolute Gasteiger partial charge is 0.214 e. The number of sulfone groups is 1. The van der Waals surface area contributed by atoms with Gasteiger partial charge in [0, 0.05) is 11.0 Å². The molecule has 27 heavy (non-hydrogen) atoms. The van der Waals surface area contributed by atoms with Gasteiger partial charge in [-0.25, -0.2) is 18.4 Å². The molecule has 7 heteroatoms. The Morgan fingerprint density at radius 2 is 1.74 bits per heavy atom. The summed E-state index contributed by atoms with van der Waals surface area (Å²) in [6.45, 7) is 0. The average molecular weight is 372 g/mol. The molecule has 6 rings (SSSR count). The lowest BCUT2D eigenvalue weighted by atomic mass is 10.3. The van der Waals surface area contributed by atoms with Crippen LogP contribution in [0.5, 0.6) is 0 Å². The number of fused-ring (bicyclic) bond motifs is 10. The van der Waals surface area contributed by atoms with Crippen molar-refractivity contribution in [1.29, 1.82) is 0 Å². The first kappa shape index (κ1) is 14.7. The Morgan fingerprint density at radius 1 is 0.815 bits per heavy atom. The fourth-order valence-corrected chi connectivity index (χ4v) is 5.49. The molecule has 130 valence electrons. The molecule has 6 nitrogen and oxygen atoms in total. The Bertz CT molecular complexity index is 1470. The molecule has 4 aliphatic rings. The van der Waals surface area contributed by atoms with E-state index in [-0.39, 0.29) is 9.81 Å². The number of aromatic amines is 2. The summed E-state index contributed by atoms with van der Waals surface area (Å²) in [4.78, 5) is 15.9. The second-order valence-electron chi connectivity index (χ2n) is 6.62. The molecule has 0 aromatic carbocycles. The third-order valence-corrected chi connectivity index (χ3v) is 6.77. The van der Waals surface area contributed by atoms with Crippen LogP contribution < -0.4 is 10.7 Å². The molecular formula is C20H12N4O2S. The van der Waals surface area contributed by atoms with Crippen LogP contribution in [-0.2, 0) is 9.84 Å². The summed E-state index contributed by atoms with van der Waals surface area (Å²) in [5.74, 6) is 0. The maximum atomic E-state index is 13.5. The Morgan fingerprint density at radius 3 is 2.67 bits per heavy atom. The van der Waals surface area contributed by atoms with Crippen molar-refractivity contribution in [2.75, 3.05) is 0 Å². The van der Waals surface area contributed by atoms with E-state index < -0.39 is 9.84 Å². The number of nitrogens with one attached hydrogen (secondary N) is 2. The van der Waals surface area contributed by atoms with Gasteiger partial charge in [0.25, 0.3) is 0 Å². The minimum atomic E-state index is -3.74. The van der Waals surface area contributed by atoms with Gasteiger partial charge in [-0.1, -0.05) is 0 Å². The van der Waals surface area contributed by atoms with E-state index in [4.69, 9.17) is 0 Å². The predicted molar refractivity (Wildman–Crippen MR) is 106 cm³/mol. The van der Waals surface area contributed by atoms with E-state index in [0.29, 0.717) is 22.5 Å². The van der Waals surface area contributed by atoms with Crippen LogP contribution in [0, 0.1) is 0 Å². The molecule has 0 radical (unpaired) electrons. The standard InChI is InChI=1S/C20H12N4O2S/c25-27(26)19-15-5-3-13(22-15)9-11-1-2-12(21-11)10-14-4-6-16(23-14)20(27)18-8-7-17(19)24-18/h1-10,22-23H. The highest BCUT2D eigenvalue weighted by molar-refractivity contribution is 8.10. The van der Waals surface area contributed by atoms with Gasteiger partial charge < -0.3 is 9.97 Å². The molecule has 2 aromatic heterocycles. The molecule has 0 amide bonds. The molecule has 0 saturated carbocycles. The van der Waals surface area contributed by atoms with Gasteiger partial charge in [0.1, 0.15) is 9.81 Å². The first-order chi connectivity index (χ1) is 13.1. The molecule has 0 aliphatic carbocycles. The van der Waals surface area contributed by atoms with Crippen LogP contribution in [0.2, 0.25) is 0 Å². The SMILES string of the molecule is O=S1(=O)C2=C3C=CC(=N3)C1=c1ccc([nH]1)=CC1=NC(=Cc3ccc2[nH]3)C=C1. The fraction of sp³-hybridized carbons (Fsp3) is 0. The molecule has 6 heterocycles. The van der Waals surface area contributed by atoms with Gasteiger partial charge in [-0.15, -0.1) is 0 Å². The summed E-state index contributed by atoms with van der Waals surface area (Å²) in [6.07, 6.45) is 11.1. The Labute approximate surface area is 154 Å². The maximum absolute atomic E-state index is 13.5. The minimum Gasteiger partial charge on any atom is -0.354 e. The van der Waals surface area contributed by atoms with Crippen LogP contribution in [0.4, 0.5) is 0 Å². The van der Waals surface area contributed by atoms with E-state index in [1.807, 2.05) is 36.4 Å². The summed E-state index contributed by atoms with van der Waals surface area (Å²) in [6, 6.07) is 7.23. The molecule has 0 unspecified atom stereocenters. The zero-order valence-electron chi connectivity index (χ0n) is 13.9. The fourth-order valence-electron chi connectivity index (χ4n) is 3.69. The molecule has 0 fully saturated rings. The number of aliphatic imine (C=N–C) groups is 2. The van der Waals surface area contributed by atoms with Crippen molar-refractivity contribution in [3.63, 3.8) is 0 Å². The van der Waals surface area contributed by atoms with E-state index in [2.05, 4.69) is 20.0 Å². The lowest BCUT2D eigenvalue weighted by Crippen LogP contribution is -2.25. The monoisotopic (exact) mass is 372 g/mol. The van der Waals surface area contributed by atoms with Gasteiger partial charge >= 0.3 is 0 Å². The highest BCUT2D eigenvalue weighted by atomic mass is 32.2. The predicted octanol–water partition coefficient (Wildman–Crippen LogP) is 1.40. The summed E-state index contributed by atoms with van der Waals surface area (Å²) >= 11 is 0. The highest BCUT2D eigenvalue weighted by Crippen LogP contribution is 2.39. The van der Waals surface area contributed by atoms with Crippen LogP contribution in [0.15, 0.2) is 69.9 Å². The normalized spacial score (nSPS) is 20.9. The first-order valence-electron chi connectivity index (χ1n) is 8.43. The van der Waals surface area contributed by atoms with Gasteiger partial charge in [-0.2, -0.15) is 0 Å². The molecule has 2 aromatic rings. The van der Waals surface area contributed by atoms with Gasteiger partial charge in [0.15, 0.2) is 0 Å². The number of aromatic nitrogens is 2. The lowest BCUT2D eigenvalue weighted by molar-refractivity contribution is 0.614. The largest absolute Gasteiger partial charge is 0.354 e. The van der Waals surface area contributed by atoms with Crippen LogP contribution in [0.25, 0.3) is 22.0 Å². The van der Waals surface area contributed by atoms with Crippen LogP contribution in [-0.4, -0.2) is 29.8 Å². The third kappa shape index (κ3) is 2.03.